The fourth-order valence-electron chi connectivity index (χ4n) is 4.25. The number of halogens is 1. The van der Waals surface area contributed by atoms with Crippen LogP contribution in [0.1, 0.15) is 18.4 Å². The number of hydrogen-bond acceptors (Lipinski definition) is 5. The number of anilines is 1. The van der Waals surface area contributed by atoms with Crippen LogP contribution in [0.2, 0.25) is 0 Å². The van der Waals surface area contributed by atoms with E-state index in [1.807, 2.05) is 30.3 Å². The summed E-state index contributed by atoms with van der Waals surface area (Å²) in [5.74, 6) is -1.67. The van der Waals surface area contributed by atoms with E-state index in [4.69, 9.17) is 4.74 Å². The van der Waals surface area contributed by atoms with E-state index in [1.54, 1.807) is 4.90 Å². The number of rotatable bonds is 6. The molecule has 0 spiro atoms. The van der Waals surface area contributed by atoms with Crippen molar-refractivity contribution in [1.82, 2.24) is 9.21 Å². The van der Waals surface area contributed by atoms with Crippen molar-refractivity contribution in [3.8, 4) is 0 Å². The Morgan fingerprint density at radius 3 is 2.53 bits per heavy atom. The van der Waals surface area contributed by atoms with Gasteiger partial charge in [0, 0.05) is 31.9 Å². The molecule has 2 heterocycles. The summed E-state index contributed by atoms with van der Waals surface area (Å²) in [4.78, 5) is 26.8. The molecule has 8 nitrogen and oxygen atoms in total. The van der Waals surface area contributed by atoms with Crippen LogP contribution in [0.25, 0.3) is 0 Å². The molecular formula is C24H28FN3O5S. The first-order valence-corrected chi connectivity index (χ1v) is 12.8. The molecule has 1 atom stereocenters. The Morgan fingerprint density at radius 2 is 1.79 bits per heavy atom. The summed E-state index contributed by atoms with van der Waals surface area (Å²) < 4.78 is 46.6. The van der Waals surface area contributed by atoms with Gasteiger partial charge in [0.15, 0.2) is 0 Å². The number of nitrogens with one attached hydrogen (secondary N) is 1. The summed E-state index contributed by atoms with van der Waals surface area (Å²) >= 11 is 0. The van der Waals surface area contributed by atoms with Gasteiger partial charge in [-0.25, -0.2) is 12.8 Å². The molecule has 34 heavy (non-hydrogen) atoms. The van der Waals surface area contributed by atoms with Gasteiger partial charge < -0.3 is 15.0 Å². The van der Waals surface area contributed by atoms with Crippen LogP contribution in [0, 0.1) is 11.7 Å². The normalized spacial score (nSPS) is 19.6. The third-order valence-corrected chi connectivity index (χ3v) is 8.04. The number of amides is 2. The number of sulfonamides is 1. The highest BCUT2D eigenvalue weighted by Crippen LogP contribution is 2.25. The summed E-state index contributed by atoms with van der Waals surface area (Å²) in [5, 5.41) is 2.71. The molecule has 10 heteroatoms. The monoisotopic (exact) mass is 489 g/mol. The lowest BCUT2D eigenvalue weighted by Crippen LogP contribution is -2.44. The van der Waals surface area contributed by atoms with Crippen LogP contribution in [-0.4, -0.2) is 68.8 Å². The highest BCUT2D eigenvalue weighted by atomic mass is 32.2. The molecule has 2 aliphatic rings. The standard InChI is InChI=1S/C24H28FN3O5S/c25-21-9-8-20(16-22(21)34(31,32)28-11-13-33-14-12-28)26-24(30)19-7-4-10-27(17-19)23(29)15-18-5-2-1-3-6-18/h1-3,5-6,8-9,16,19H,4,7,10-15,17H2,(H,26,30). The van der Waals surface area contributed by atoms with Gasteiger partial charge in [-0.3, -0.25) is 9.59 Å². The zero-order valence-electron chi connectivity index (χ0n) is 18.8. The average Bonchev–Trinajstić information content (AvgIpc) is 2.86. The molecule has 0 aromatic heterocycles. The number of carbonyl (C=O) groups excluding carboxylic acids is 2. The molecule has 0 saturated carbocycles. The van der Waals surface area contributed by atoms with Gasteiger partial charge in [-0.2, -0.15) is 4.31 Å². The minimum Gasteiger partial charge on any atom is -0.379 e. The van der Waals surface area contributed by atoms with E-state index in [0.29, 0.717) is 19.4 Å². The average molecular weight is 490 g/mol. The third kappa shape index (κ3) is 5.63. The summed E-state index contributed by atoms with van der Waals surface area (Å²) in [7, 11) is -4.05. The van der Waals surface area contributed by atoms with Crippen LogP contribution >= 0.6 is 0 Å². The van der Waals surface area contributed by atoms with Crippen LogP contribution in [0.3, 0.4) is 0 Å². The van der Waals surface area contributed by atoms with E-state index in [9.17, 15) is 22.4 Å². The molecule has 0 bridgehead atoms. The smallest absolute Gasteiger partial charge is 0.246 e. The summed E-state index contributed by atoms with van der Waals surface area (Å²) in [6.07, 6.45) is 1.58. The largest absolute Gasteiger partial charge is 0.379 e. The number of carbonyl (C=O) groups is 2. The fraction of sp³-hybridized carbons (Fsp3) is 0.417. The van der Waals surface area contributed by atoms with Gasteiger partial charge in [0.1, 0.15) is 10.7 Å². The van der Waals surface area contributed by atoms with Crippen molar-refractivity contribution in [2.75, 3.05) is 44.7 Å². The Labute approximate surface area is 198 Å². The molecule has 0 radical (unpaired) electrons. The molecule has 4 rings (SSSR count). The van der Waals surface area contributed by atoms with E-state index < -0.39 is 26.7 Å². The minimum atomic E-state index is -4.05. The third-order valence-electron chi connectivity index (χ3n) is 6.13. The molecule has 0 aliphatic carbocycles. The first-order valence-electron chi connectivity index (χ1n) is 11.3. The van der Waals surface area contributed by atoms with Gasteiger partial charge >= 0.3 is 0 Å². The zero-order chi connectivity index (χ0) is 24.1. The SMILES string of the molecule is O=C(Nc1ccc(F)c(S(=O)(=O)N2CCOCC2)c1)C1CCCN(C(=O)Cc2ccccc2)C1. The predicted octanol–water partition coefficient (Wildman–Crippen LogP) is 2.27. The van der Waals surface area contributed by atoms with Crippen LogP contribution in [0.5, 0.6) is 0 Å². The van der Waals surface area contributed by atoms with Crippen molar-refractivity contribution in [1.29, 1.82) is 0 Å². The summed E-state index contributed by atoms with van der Waals surface area (Å²) in [5.41, 5.74) is 1.12. The maximum absolute atomic E-state index is 14.4. The Hall–Kier alpha value is -2.82. The van der Waals surface area contributed by atoms with Crippen molar-refractivity contribution in [2.24, 2.45) is 5.92 Å². The van der Waals surface area contributed by atoms with Crippen molar-refractivity contribution in [3.05, 3.63) is 59.9 Å². The van der Waals surface area contributed by atoms with E-state index in [0.717, 1.165) is 17.7 Å². The molecule has 2 fully saturated rings. The lowest BCUT2D eigenvalue weighted by Gasteiger charge is -2.32. The Bertz CT molecular complexity index is 1140. The van der Waals surface area contributed by atoms with E-state index in [2.05, 4.69) is 5.32 Å². The molecule has 182 valence electrons. The van der Waals surface area contributed by atoms with Gasteiger partial charge in [0.05, 0.1) is 25.6 Å². The minimum absolute atomic E-state index is 0.0376. The number of benzene rings is 2. The quantitative estimate of drug-likeness (QED) is 0.672. The molecule has 2 saturated heterocycles. The lowest BCUT2D eigenvalue weighted by atomic mass is 9.96. The second-order valence-electron chi connectivity index (χ2n) is 8.49. The number of likely N-dealkylation sites (tertiary alicyclic amines) is 1. The van der Waals surface area contributed by atoms with Gasteiger partial charge in [-0.15, -0.1) is 0 Å². The van der Waals surface area contributed by atoms with Crippen LogP contribution < -0.4 is 5.32 Å². The lowest BCUT2D eigenvalue weighted by molar-refractivity contribution is -0.133. The van der Waals surface area contributed by atoms with Gasteiger partial charge in [-0.1, -0.05) is 30.3 Å². The van der Waals surface area contributed by atoms with E-state index in [-0.39, 0.29) is 56.8 Å². The van der Waals surface area contributed by atoms with Gasteiger partial charge in [0.25, 0.3) is 0 Å². The number of piperidine rings is 1. The number of hydrogen-bond donors (Lipinski definition) is 1. The molecular weight excluding hydrogens is 461 g/mol. The number of ether oxygens (including phenoxy) is 1. The fourth-order valence-corrected chi connectivity index (χ4v) is 5.75. The zero-order valence-corrected chi connectivity index (χ0v) is 19.6. The van der Waals surface area contributed by atoms with Crippen molar-refractivity contribution in [2.45, 2.75) is 24.2 Å². The highest BCUT2D eigenvalue weighted by Gasteiger charge is 2.31. The van der Waals surface area contributed by atoms with E-state index >= 15 is 0 Å². The molecule has 2 amide bonds. The Kier molecular flexibility index (Phi) is 7.60. The van der Waals surface area contributed by atoms with Gasteiger partial charge in [-0.05, 0) is 36.6 Å². The molecule has 1 N–H and O–H groups in total. The number of nitrogens with zero attached hydrogens (tertiary/aromatic N) is 2. The topological polar surface area (TPSA) is 96.0 Å². The Balaban J connectivity index is 1.42. The predicted molar refractivity (Wildman–Crippen MR) is 124 cm³/mol. The molecule has 2 aromatic rings. The summed E-state index contributed by atoms with van der Waals surface area (Å²) in [6.45, 7) is 1.67. The molecule has 2 aliphatic heterocycles. The second-order valence-corrected chi connectivity index (χ2v) is 10.4. The molecule has 2 aromatic carbocycles. The maximum atomic E-state index is 14.4. The highest BCUT2D eigenvalue weighted by molar-refractivity contribution is 7.89. The first-order chi connectivity index (χ1) is 16.3. The Morgan fingerprint density at radius 1 is 1.06 bits per heavy atom. The summed E-state index contributed by atoms with van der Waals surface area (Å²) in [6, 6.07) is 13.0. The first kappa shape index (κ1) is 24.3. The number of morpholine rings is 1. The van der Waals surface area contributed by atoms with Crippen molar-refractivity contribution in [3.63, 3.8) is 0 Å². The van der Waals surface area contributed by atoms with Crippen molar-refractivity contribution >= 4 is 27.5 Å². The van der Waals surface area contributed by atoms with Gasteiger partial charge in [0.2, 0.25) is 21.8 Å². The molecule has 1 unspecified atom stereocenters. The van der Waals surface area contributed by atoms with E-state index in [1.165, 1.54) is 10.4 Å². The maximum Gasteiger partial charge on any atom is 0.246 e. The van der Waals surface area contributed by atoms with Crippen molar-refractivity contribution < 1.29 is 27.1 Å². The van der Waals surface area contributed by atoms with Crippen LogP contribution in [-0.2, 0) is 30.8 Å². The second kappa shape index (κ2) is 10.6. The van der Waals surface area contributed by atoms with Crippen LogP contribution in [0.15, 0.2) is 53.4 Å². The van der Waals surface area contributed by atoms with Crippen LogP contribution in [0.4, 0.5) is 10.1 Å².